The molecule has 2 rings (SSSR count). The van der Waals surface area contributed by atoms with Crippen molar-refractivity contribution in [1.82, 2.24) is 9.84 Å². The van der Waals surface area contributed by atoms with Crippen molar-refractivity contribution in [3.8, 4) is 5.75 Å². The highest BCUT2D eigenvalue weighted by atomic mass is 32.2. The van der Waals surface area contributed by atoms with Gasteiger partial charge in [-0.25, -0.2) is 8.42 Å². The Morgan fingerprint density at radius 1 is 1.12 bits per heavy atom. The Hall–Kier alpha value is -2.42. The van der Waals surface area contributed by atoms with E-state index in [1.54, 1.807) is 24.3 Å². The minimum atomic E-state index is -3.97. The van der Waals surface area contributed by atoms with Crippen molar-refractivity contribution >= 4 is 15.9 Å². The van der Waals surface area contributed by atoms with E-state index >= 15 is 0 Å². The second kappa shape index (κ2) is 8.61. The number of nitrogens with one attached hydrogen (secondary N) is 1. The molecule has 0 aliphatic heterocycles. The number of nitrogens with zero attached hydrogens (tertiary/aromatic N) is 1. The molecule has 0 unspecified atom stereocenters. The van der Waals surface area contributed by atoms with Gasteiger partial charge in [-0.3, -0.25) is 10.2 Å². The number of aliphatic hydroxyl groups excluding tert-OH is 1. The summed E-state index contributed by atoms with van der Waals surface area (Å²) in [5.41, 5.74) is 3.06. The van der Waals surface area contributed by atoms with Gasteiger partial charge in [0.05, 0.1) is 31.6 Å². The van der Waals surface area contributed by atoms with Crippen LogP contribution in [0.15, 0.2) is 59.5 Å². The van der Waals surface area contributed by atoms with E-state index in [0.717, 1.165) is 4.41 Å². The van der Waals surface area contributed by atoms with E-state index in [1.165, 1.54) is 31.4 Å². The van der Waals surface area contributed by atoms with Crippen LogP contribution < -0.4 is 10.2 Å². The van der Waals surface area contributed by atoms with Crippen molar-refractivity contribution < 1.29 is 23.1 Å². The Kier molecular flexibility index (Phi) is 6.51. The van der Waals surface area contributed by atoms with Crippen molar-refractivity contribution in [3.05, 3.63) is 60.2 Å². The predicted octanol–water partition coefficient (Wildman–Crippen LogP) is 1.30. The SMILES string of the molecule is COc1ccc(S(=O)(=O)N(Cc2ccccc2)NC(=O)CCO)cc1. The zero-order valence-corrected chi connectivity index (χ0v) is 14.6. The maximum Gasteiger partial charge on any atom is 0.260 e. The van der Waals surface area contributed by atoms with Crippen LogP contribution >= 0.6 is 0 Å². The quantitative estimate of drug-likeness (QED) is 0.689. The topological polar surface area (TPSA) is 95.9 Å². The van der Waals surface area contributed by atoms with Crippen LogP contribution in [0.1, 0.15) is 12.0 Å². The van der Waals surface area contributed by atoms with Crippen molar-refractivity contribution in [2.45, 2.75) is 17.9 Å². The Balaban J connectivity index is 2.32. The Bertz CT molecular complexity index is 792. The third-order valence-electron chi connectivity index (χ3n) is 3.40. The van der Waals surface area contributed by atoms with Crippen LogP contribution in [0.2, 0.25) is 0 Å². The highest BCUT2D eigenvalue weighted by Crippen LogP contribution is 2.20. The van der Waals surface area contributed by atoms with Crippen LogP contribution in [0.4, 0.5) is 0 Å². The lowest BCUT2D eigenvalue weighted by Crippen LogP contribution is -2.45. The molecule has 0 heterocycles. The van der Waals surface area contributed by atoms with E-state index in [-0.39, 0.29) is 24.5 Å². The third kappa shape index (κ3) is 5.02. The number of hydrogen-bond donors (Lipinski definition) is 2. The summed E-state index contributed by atoms with van der Waals surface area (Å²) in [5, 5.41) is 8.87. The van der Waals surface area contributed by atoms with Gasteiger partial charge in [0.2, 0.25) is 5.91 Å². The lowest BCUT2D eigenvalue weighted by molar-refractivity contribution is -0.124. The lowest BCUT2D eigenvalue weighted by atomic mass is 10.2. The van der Waals surface area contributed by atoms with Gasteiger partial charge in [0.1, 0.15) is 5.75 Å². The predicted molar refractivity (Wildman–Crippen MR) is 92.0 cm³/mol. The highest BCUT2D eigenvalue weighted by Gasteiger charge is 2.26. The number of aliphatic hydroxyl groups is 1. The highest BCUT2D eigenvalue weighted by molar-refractivity contribution is 7.89. The first-order chi connectivity index (χ1) is 12.0. The number of hydrazine groups is 1. The van der Waals surface area contributed by atoms with E-state index in [2.05, 4.69) is 5.43 Å². The number of carbonyl (C=O) groups excluding carboxylic acids is 1. The summed E-state index contributed by atoms with van der Waals surface area (Å²) in [7, 11) is -2.49. The number of ether oxygens (including phenoxy) is 1. The molecule has 25 heavy (non-hydrogen) atoms. The summed E-state index contributed by atoms with van der Waals surface area (Å²) in [6.07, 6.45) is -0.191. The molecule has 0 aliphatic rings. The fourth-order valence-corrected chi connectivity index (χ4v) is 3.38. The molecular formula is C17H20N2O5S. The molecule has 0 saturated heterocycles. The monoisotopic (exact) mass is 364 g/mol. The number of carbonyl (C=O) groups is 1. The second-order valence-electron chi connectivity index (χ2n) is 5.18. The van der Waals surface area contributed by atoms with Crippen LogP contribution in [0, 0.1) is 0 Å². The molecule has 2 aromatic carbocycles. The van der Waals surface area contributed by atoms with E-state index in [4.69, 9.17) is 9.84 Å². The molecule has 2 N–H and O–H groups in total. The molecule has 0 aliphatic carbocycles. The molecule has 0 bridgehead atoms. The van der Waals surface area contributed by atoms with E-state index < -0.39 is 15.9 Å². The molecule has 0 spiro atoms. The average Bonchev–Trinajstić information content (AvgIpc) is 2.62. The molecular weight excluding hydrogens is 344 g/mol. The molecule has 0 saturated carbocycles. The molecule has 134 valence electrons. The molecule has 0 atom stereocenters. The zero-order chi connectivity index (χ0) is 18.3. The van der Waals surface area contributed by atoms with Crippen LogP contribution in [-0.2, 0) is 21.4 Å². The van der Waals surface area contributed by atoms with Crippen molar-refractivity contribution in [2.75, 3.05) is 13.7 Å². The average molecular weight is 364 g/mol. The van der Waals surface area contributed by atoms with Gasteiger partial charge >= 0.3 is 0 Å². The number of rotatable bonds is 8. The Morgan fingerprint density at radius 2 is 1.76 bits per heavy atom. The van der Waals surface area contributed by atoms with E-state index in [1.807, 2.05) is 6.07 Å². The van der Waals surface area contributed by atoms with Gasteiger partial charge in [-0.15, -0.1) is 4.41 Å². The summed E-state index contributed by atoms with van der Waals surface area (Å²) in [5.74, 6) is -0.0617. The molecule has 7 nitrogen and oxygen atoms in total. The van der Waals surface area contributed by atoms with Gasteiger partial charge in [0.15, 0.2) is 0 Å². The maximum absolute atomic E-state index is 12.9. The fourth-order valence-electron chi connectivity index (χ4n) is 2.11. The van der Waals surface area contributed by atoms with Crippen LogP contribution in [0.5, 0.6) is 5.75 Å². The summed E-state index contributed by atoms with van der Waals surface area (Å²) < 4.78 is 31.7. The molecule has 2 aromatic rings. The minimum absolute atomic E-state index is 0.0218. The number of benzene rings is 2. The van der Waals surface area contributed by atoms with Gasteiger partial charge in [0, 0.05) is 0 Å². The first-order valence-corrected chi connectivity index (χ1v) is 9.02. The van der Waals surface area contributed by atoms with Gasteiger partial charge in [0.25, 0.3) is 10.0 Å². The number of methoxy groups -OCH3 is 1. The number of hydrogen-bond acceptors (Lipinski definition) is 5. The maximum atomic E-state index is 12.9. The summed E-state index contributed by atoms with van der Waals surface area (Å²) >= 11 is 0. The normalized spacial score (nSPS) is 11.3. The second-order valence-corrected chi connectivity index (χ2v) is 7.04. The van der Waals surface area contributed by atoms with E-state index in [0.29, 0.717) is 11.3 Å². The third-order valence-corrected chi connectivity index (χ3v) is 5.07. The Labute approximate surface area is 146 Å². The van der Waals surface area contributed by atoms with Gasteiger partial charge in [-0.1, -0.05) is 30.3 Å². The van der Waals surface area contributed by atoms with Crippen LogP contribution in [0.25, 0.3) is 0 Å². The number of sulfonamides is 1. The zero-order valence-electron chi connectivity index (χ0n) is 13.8. The van der Waals surface area contributed by atoms with Crippen molar-refractivity contribution in [3.63, 3.8) is 0 Å². The first-order valence-electron chi connectivity index (χ1n) is 7.58. The lowest BCUT2D eigenvalue weighted by Gasteiger charge is -2.23. The van der Waals surface area contributed by atoms with E-state index in [9.17, 15) is 13.2 Å². The minimum Gasteiger partial charge on any atom is -0.497 e. The largest absolute Gasteiger partial charge is 0.497 e. The summed E-state index contributed by atoms with van der Waals surface area (Å²) in [4.78, 5) is 11.8. The van der Waals surface area contributed by atoms with Gasteiger partial charge < -0.3 is 9.84 Å². The first kappa shape index (κ1) is 18.9. The van der Waals surface area contributed by atoms with Gasteiger partial charge in [-0.2, -0.15) is 0 Å². The molecule has 0 fully saturated rings. The fraction of sp³-hybridized carbons (Fsp3) is 0.235. The standard InChI is InChI=1S/C17H20N2O5S/c1-24-15-7-9-16(10-8-15)25(22,23)19(18-17(21)11-12-20)13-14-5-3-2-4-6-14/h2-10,20H,11-13H2,1H3,(H,18,21). The Morgan fingerprint density at radius 3 is 2.32 bits per heavy atom. The molecule has 8 heteroatoms. The summed E-state index contributed by atoms with van der Waals surface area (Å²) in [6.45, 7) is -0.403. The smallest absolute Gasteiger partial charge is 0.260 e. The van der Waals surface area contributed by atoms with Crippen molar-refractivity contribution in [1.29, 1.82) is 0 Å². The van der Waals surface area contributed by atoms with Crippen molar-refractivity contribution in [2.24, 2.45) is 0 Å². The van der Waals surface area contributed by atoms with Crippen LogP contribution in [0.3, 0.4) is 0 Å². The molecule has 1 amide bonds. The summed E-state index contributed by atoms with van der Waals surface area (Å²) in [6, 6.07) is 14.8. The van der Waals surface area contributed by atoms with Crippen LogP contribution in [-0.4, -0.2) is 37.6 Å². The number of amides is 1. The van der Waals surface area contributed by atoms with Gasteiger partial charge in [-0.05, 0) is 29.8 Å². The molecule has 0 radical (unpaired) electrons. The molecule has 0 aromatic heterocycles.